The molecule has 34 heavy (non-hydrogen) atoms. The fraction of sp³-hybridized carbons (Fsp3) is 0.458. The van der Waals surface area contributed by atoms with Gasteiger partial charge < -0.3 is 19.9 Å². The Labute approximate surface area is 199 Å². The first kappa shape index (κ1) is 22.8. The number of fused-ring (bicyclic) bond motifs is 1. The molecule has 0 saturated carbocycles. The van der Waals surface area contributed by atoms with E-state index < -0.39 is 9.84 Å². The molecule has 3 aromatic rings. The molecule has 0 bridgehead atoms. The minimum atomic E-state index is -3.19. The van der Waals surface area contributed by atoms with E-state index in [9.17, 15) is 13.5 Å². The van der Waals surface area contributed by atoms with Crippen LogP contribution in [0.4, 0.5) is 17.6 Å². The smallest absolute Gasteiger partial charge is 0.230 e. The Morgan fingerprint density at radius 2 is 1.94 bits per heavy atom. The normalized spacial score (nSPS) is 19.3. The first-order valence-corrected chi connectivity index (χ1v) is 13.4. The molecule has 1 aromatic carbocycles. The van der Waals surface area contributed by atoms with Gasteiger partial charge in [0.15, 0.2) is 15.7 Å². The van der Waals surface area contributed by atoms with E-state index in [4.69, 9.17) is 4.98 Å². The van der Waals surface area contributed by atoms with E-state index in [2.05, 4.69) is 48.2 Å². The molecule has 0 unspecified atom stereocenters. The molecule has 2 aliphatic heterocycles. The van der Waals surface area contributed by atoms with Gasteiger partial charge in [0, 0.05) is 24.2 Å². The predicted octanol–water partition coefficient (Wildman–Crippen LogP) is 2.76. The molecule has 180 valence electrons. The predicted molar refractivity (Wildman–Crippen MR) is 132 cm³/mol. The third-order valence-electron chi connectivity index (χ3n) is 6.98. The minimum Gasteiger partial charge on any atom is -0.394 e. The van der Waals surface area contributed by atoms with Gasteiger partial charge in [0.1, 0.15) is 12.1 Å². The number of aromatic nitrogens is 4. The number of rotatable bonds is 5. The van der Waals surface area contributed by atoms with Crippen molar-refractivity contribution in [2.75, 3.05) is 29.1 Å². The highest BCUT2D eigenvalue weighted by molar-refractivity contribution is 7.90. The van der Waals surface area contributed by atoms with Gasteiger partial charge in [0.2, 0.25) is 5.95 Å². The van der Waals surface area contributed by atoms with Crippen LogP contribution in [0.3, 0.4) is 0 Å². The molecule has 0 amide bonds. The van der Waals surface area contributed by atoms with Crippen molar-refractivity contribution in [1.82, 2.24) is 19.5 Å². The van der Waals surface area contributed by atoms with E-state index in [1.807, 2.05) is 15.7 Å². The molecule has 4 heterocycles. The van der Waals surface area contributed by atoms with Gasteiger partial charge in [0.05, 0.1) is 36.0 Å². The molecule has 0 radical (unpaired) electrons. The van der Waals surface area contributed by atoms with Crippen LogP contribution in [-0.2, 0) is 22.0 Å². The van der Waals surface area contributed by atoms with Crippen LogP contribution >= 0.6 is 0 Å². The summed E-state index contributed by atoms with van der Waals surface area (Å²) in [4.78, 5) is 15.9. The molecule has 5 rings (SSSR count). The zero-order chi connectivity index (χ0) is 24.0. The van der Waals surface area contributed by atoms with Crippen LogP contribution in [0.2, 0.25) is 0 Å². The summed E-state index contributed by atoms with van der Waals surface area (Å²) in [6, 6.07) is 4.19. The van der Waals surface area contributed by atoms with Crippen molar-refractivity contribution < 1.29 is 13.5 Å². The van der Waals surface area contributed by atoms with Crippen LogP contribution in [-0.4, -0.2) is 58.0 Å². The van der Waals surface area contributed by atoms with Crippen molar-refractivity contribution in [2.24, 2.45) is 0 Å². The highest BCUT2D eigenvalue weighted by Gasteiger charge is 2.33. The SMILES string of the molecule is Cc1cc(-n2cnc(Nc3nc4c(c(N5CCC[C@H]5CO)n3)CS(=O)(=O)CC4)c2)cc(C)c1C. The van der Waals surface area contributed by atoms with Crippen molar-refractivity contribution in [3.05, 3.63) is 52.6 Å². The number of hydrogen-bond donors (Lipinski definition) is 2. The lowest BCUT2D eigenvalue weighted by Crippen LogP contribution is -2.35. The Balaban J connectivity index is 1.49. The molecule has 1 saturated heterocycles. The van der Waals surface area contributed by atoms with Gasteiger partial charge >= 0.3 is 0 Å². The summed E-state index contributed by atoms with van der Waals surface area (Å²) in [6.45, 7) is 7.06. The monoisotopic (exact) mass is 482 g/mol. The number of benzene rings is 1. The van der Waals surface area contributed by atoms with Gasteiger partial charge in [-0.3, -0.25) is 0 Å². The summed E-state index contributed by atoms with van der Waals surface area (Å²) in [6.07, 6.45) is 5.78. The second kappa shape index (κ2) is 8.66. The van der Waals surface area contributed by atoms with Crippen LogP contribution in [0, 0.1) is 20.8 Å². The summed E-state index contributed by atoms with van der Waals surface area (Å²) in [5, 5.41) is 13.1. The van der Waals surface area contributed by atoms with E-state index in [1.165, 1.54) is 16.7 Å². The average Bonchev–Trinajstić information content (AvgIpc) is 3.46. The first-order valence-electron chi connectivity index (χ1n) is 11.6. The van der Waals surface area contributed by atoms with E-state index in [0.29, 0.717) is 29.6 Å². The number of aliphatic hydroxyl groups excluding tert-OH is 1. The van der Waals surface area contributed by atoms with Crippen LogP contribution < -0.4 is 10.2 Å². The maximum atomic E-state index is 12.4. The van der Waals surface area contributed by atoms with Gasteiger partial charge in [-0.2, -0.15) is 4.98 Å². The number of nitrogens with one attached hydrogen (secondary N) is 1. The van der Waals surface area contributed by atoms with E-state index in [1.54, 1.807) is 6.33 Å². The number of sulfone groups is 1. The standard InChI is InChI=1S/C24H30N6O3S/c1-15-9-19(10-16(2)17(15)3)29-11-22(25-14-29)27-24-26-21-6-8-34(32,33)13-20(21)23(28-24)30-7-4-5-18(30)12-31/h9-11,14,18,31H,4-8,12-13H2,1-3H3,(H,26,27,28)/t18-/m0/s1. The third kappa shape index (κ3) is 4.27. The summed E-state index contributed by atoms with van der Waals surface area (Å²) in [5.74, 6) is 1.62. The van der Waals surface area contributed by atoms with E-state index in [0.717, 1.165) is 30.8 Å². The topological polar surface area (TPSA) is 113 Å². The fourth-order valence-corrected chi connectivity index (χ4v) is 6.20. The molecular weight excluding hydrogens is 452 g/mol. The third-order valence-corrected chi connectivity index (χ3v) is 8.53. The van der Waals surface area contributed by atoms with Crippen LogP contribution in [0.15, 0.2) is 24.7 Å². The number of aryl methyl sites for hydroxylation is 3. The molecule has 0 spiro atoms. The largest absolute Gasteiger partial charge is 0.394 e. The molecule has 0 aliphatic carbocycles. The molecule has 2 aliphatic rings. The Bertz CT molecular complexity index is 1330. The van der Waals surface area contributed by atoms with Gasteiger partial charge in [-0.15, -0.1) is 0 Å². The molecule has 1 atom stereocenters. The Morgan fingerprint density at radius 1 is 1.18 bits per heavy atom. The number of anilines is 3. The lowest BCUT2D eigenvalue weighted by atomic mass is 10.0. The number of imidazole rings is 1. The zero-order valence-corrected chi connectivity index (χ0v) is 20.6. The van der Waals surface area contributed by atoms with Crippen molar-refractivity contribution >= 4 is 27.4 Å². The Morgan fingerprint density at radius 3 is 2.68 bits per heavy atom. The molecule has 9 nitrogen and oxygen atoms in total. The van der Waals surface area contributed by atoms with E-state index >= 15 is 0 Å². The first-order chi connectivity index (χ1) is 16.2. The van der Waals surface area contributed by atoms with E-state index in [-0.39, 0.29) is 24.2 Å². The van der Waals surface area contributed by atoms with Gasteiger partial charge in [-0.05, 0) is 62.4 Å². The minimum absolute atomic E-state index is 0.00801. The van der Waals surface area contributed by atoms with Crippen molar-refractivity contribution in [1.29, 1.82) is 0 Å². The Kier molecular flexibility index (Phi) is 5.81. The number of hydrogen-bond acceptors (Lipinski definition) is 8. The van der Waals surface area contributed by atoms with Gasteiger partial charge in [-0.25, -0.2) is 18.4 Å². The molecule has 2 N–H and O–H groups in total. The fourth-order valence-electron chi connectivity index (χ4n) is 4.82. The van der Waals surface area contributed by atoms with Crippen molar-refractivity contribution in [3.8, 4) is 5.69 Å². The highest BCUT2D eigenvalue weighted by Crippen LogP contribution is 2.33. The maximum absolute atomic E-state index is 12.4. The maximum Gasteiger partial charge on any atom is 0.230 e. The van der Waals surface area contributed by atoms with Crippen LogP contribution in [0.1, 0.15) is 40.8 Å². The molecular formula is C24H30N6O3S. The summed E-state index contributed by atoms with van der Waals surface area (Å²) >= 11 is 0. The summed E-state index contributed by atoms with van der Waals surface area (Å²) < 4.78 is 26.7. The van der Waals surface area contributed by atoms with Gasteiger partial charge in [0.25, 0.3) is 0 Å². The van der Waals surface area contributed by atoms with Gasteiger partial charge in [-0.1, -0.05) is 0 Å². The number of aliphatic hydroxyl groups is 1. The Hall–Kier alpha value is -2.98. The molecule has 10 heteroatoms. The quantitative estimate of drug-likeness (QED) is 0.571. The zero-order valence-electron chi connectivity index (χ0n) is 19.7. The average molecular weight is 483 g/mol. The van der Waals surface area contributed by atoms with Crippen LogP contribution in [0.5, 0.6) is 0 Å². The van der Waals surface area contributed by atoms with Crippen molar-refractivity contribution in [2.45, 2.75) is 51.8 Å². The molecule has 2 aromatic heterocycles. The van der Waals surface area contributed by atoms with Crippen molar-refractivity contribution in [3.63, 3.8) is 0 Å². The second-order valence-corrected chi connectivity index (χ2v) is 11.5. The lowest BCUT2D eigenvalue weighted by molar-refractivity contribution is 0.266. The summed E-state index contributed by atoms with van der Waals surface area (Å²) in [7, 11) is -3.19. The highest BCUT2D eigenvalue weighted by atomic mass is 32.2. The lowest BCUT2D eigenvalue weighted by Gasteiger charge is -2.29. The summed E-state index contributed by atoms with van der Waals surface area (Å²) in [5.41, 5.74) is 6.16. The second-order valence-electron chi connectivity index (χ2n) is 9.31. The molecule has 1 fully saturated rings. The number of nitrogens with zero attached hydrogens (tertiary/aromatic N) is 5. The van der Waals surface area contributed by atoms with Crippen LogP contribution in [0.25, 0.3) is 5.69 Å².